The fraction of sp³-hybridized carbons (Fsp3) is 0.200. The number of ether oxygens (including phenoxy) is 1. The largest absolute Gasteiger partial charge is 0.465 e. The lowest BCUT2D eigenvalue weighted by molar-refractivity contribution is 0.0600. The number of nitrogens with zero attached hydrogens (tertiary/aromatic N) is 2. The molecule has 5 nitrogen and oxygen atoms in total. The van der Waals surface area contributed by atoms with E-state index in [9.17, 15) is 9.18 Å². The first-order valence-corrected chi connectivity index (χ1v) is 8.21. The topological polar surface area (TPSA) is 58.2 Å². The summed E-state index contributed by atoms with van der Waals surface area (Å²) < 4.78 is 17.8. The minimum absolute atomic E-state index is 0.262. The first kappa shape index (κ1) is 17.8. The molecule has 0 fully saturated rings. The van der Waals surface area contributed by atoms with Crippen LogP contribution in [-0.4, -0.2) is 35.2 Å². The number of nitrogens with one attached hydrogen (secondary N) is 1. The van der Waals surface area contributed by atoms with Crippen LogP contribution < -0.4 is 0 Å². The Labute approximate surface area is 151 Å². The van der Waals surface area contributed by atoms with Crippen LogP contribution in [0.15, 0.2) is 54.7 Å². The minimum Gasteiger partial charge on any atom is -0.465 e. The van der Waals surface area contributed by atoms with Crippen LogP contribution in [0.2, 0.25) is 0 Å². The number of H-pyrrole nitrogens is 1. The second-order valence-corrected chi connectivity index (χ2v) is 6.14. The molecule has 0 aliphatic rings. The maximum absolute atomic E-state index is 13.1. The Kier molecular flexibility index (Phi) is 5.43. The molecule has 0 radical (unpaired) electrons. The lowest BCUT2D eigenvalue weighted by atomic mass is 10.1. The Hall–Kier alpha value is -2.99. The van der Waals surface area contributed by atoms with Crippen molar-refractivity contribution in [2.24, 2.45) is 0 Å². The molecule has 0 saturated heterocycles. The number of aromatic amines is 1. The summed E-state index contributed by atoms with van der Waals surface area (Å²) >= 11 is 0. The van der Waals surface area contributed by atoms with E-state index < -0.39 is 0 Å². The van der Waals surface area contributed by atoms with E-state index in [1.54, 1.807) is 30.5 Å². The van der Waals surface area contributed by atoms with Crippen LogP contribution in [-0.2, 0) is 17.8 Å². The van der Waals surface area contributed by atoms with E-state index in [-0.39, 0.29) is 11.8 Å². The normalized spacial score (nSPS) is 10.9. The van der Waals surface area contributed by atoms with Crippen molar-refractivity contribution in [2.45, 2.75) is 13.1 Å². The average molecular weight is 353 g/mol. The molecule has 0 aliphatic carbocycles. The molecule has 3 rings (SSSR count). The third-order valence-electron chi connectivity index (χ3n) is 4.12. The van der Waals surface area contributed by atoms with Gasteiger partial charge in [-0.25, -0.2) is 9.18 Å². The highest BCUT2D eigenvalue weighted by molar-refractivity contribution is 5.89. The summed E-state index contributed by atoms with van der Waals surface area (Å²) in [6, 6.07) is 13.7. The number of carbonyl (C=O) groups is 1. The first-order chi connectivity index (χ1) is 12.6. The second-order valence-electron chi connectivity index (χ2n) is 6.14. The summed E-state index contributed by atoms with van der Waals surface area (Å²) in [5.74, 6) is -0.602. The quantitative estimate of drug-likeness (QED) is 0.688. The van der Waals surface area contributed by atoms with Gasteiger partial charge in [0.25, 0.3) is 0 Å². The van der Waals surface area contributed by atoms with Crippen LogP contribution in [0.4, 0.5) is 4.39 Å². The number of rotatable bonds is 6. The van der Waals surface area contributed by atoms with E-state index >= 15 is 0 Å². The van der Waals surface area contributed by atoms with Crippen molar-refractivity contribution in [3.63, 3.8) is 0 Å². The van der Waals surface area contributed by atoms with Crippen LogP contribution in [0, 0.1) is 5.82 Å². The number of hydrogen-bond acceptors (Lipinski definition) is 4. The van der Waals surface area contributed by atoms with Gasteiger partial charge in [-0.15, -0.1) is 0 Å². The molecule has 0 saturated carbocycles. The van der Waals surface area contributed by atoms with E-state index in [4.69, 9.17) is 4.74 Å². The maximum Gasteiger partial charge on any atom is 0.337 e. The number of esters is 1. The van der Waals surface area contributed by atoms with Gasteiger partial charge in [0, 0.05) is 24.2 Å². The number of hydrogen-bond donors (Lipinski definition) is 1. The van der Waals surface area contributed by atoms with Crippen molar-refractivity contribution in [2.75, 3.05) is 14.2 Å². The zero-order valence-corrected chi connectivity index (χ0v) is 14.7. The molecule has 134 valence electrons. The SMILES string of the molecule is COC(=O)c1ccc(CN(C)Cc2cn[nH]c2-c2ccc(F)cc2)cc1. The summed E-state index contributed by atoms with van der Waals surface area (Å²) in [6.07, 6.45) is 1.79. The smallest absolute Gasteiger partial charge is 0.337 e. The van der Waals surface area contributed by atoms with Gasteiger partial charge in [-0.05, 0) is 49.0 Å². The van der Waals surface area contributed by atoms with Gasteiger partial charge in [0.1, 0.15) is 5.82 Å². The van der Waals surface area contributed by atoms with Crippen molar-refractivity contribution in [3.05, 3.63) is 77.2 Å². The lowest BCUT2D eigenvalue weighted by Crippen LogP contribution is -2.17. The number of aromatic nitrogens is 2. The molecule has 0 bridgehead atoms. The van der Waals surface area contributed by atoms with E-state index in [0.29, 0.717) is 12.1 Å². The van der Waals surface area contributed by atoms with Gasteiger partial charge in [0.2, 0.25) is 0 Å². The molecule has 1 aromatic heterocycles. The van der Waals surface area contributed by atoms with E-state index in [0.717, 1.165) is 28.9 Å². The first-order valence-electron chi connectivity index (χ1n) is 8.21. The van der Waals surface area contributed by atoms with Crippen molar-refractivity contribution in [3.8, 4) is 11.3 Å². The molecule has 1 heterocycles. The Morgan fingerprint density at radius 1 is 1.12 bits per heavy atom. The van der Waals surface area contributed by atoms with Gasteiger partial charge in [0.15, 0.2) is 0 Å². The number of carbonyl (C=O) groups excluding carboxylic acids is 1. The second kappa shape index (κ2) is 7.93. The highest BCUT2D eigenvalue weighted by atomic mass is 19.1. The van der Waals surface area contributed by atoms with Crippen molar-refractivity contribution in [1.29, 1.82) is 0 Å². The molecule has 0 atom stereocenters. The van der Waals surface area contributed by atoms with Crippen LogP contribution in [0.3, 0.4) is 0 Å². The molecule has 0 unspecified atom stereocenters. The summed E-state index contributed by atoms with van der Waals surface area (Å²) in [5.41, 5.74) is 4.44. The van der Waals surface area contributed by atoms with E-state index in [2.05, 4.69) is 15.1 Å². The van der Waals surface area contributed by atoms with Gasteiger partial charge in [-0.3, -0.25) is 10.00 Å². The molecule has 2 aromatic carbocycles. The fourth-order valence-electron chi connectivity index (χ4n) is 2.82. The van der Waals surface area contributed by atoms with Crippen molar-refractivity contribution in [1.82, 2.24) is 15.1 Å². The highest BCUT2D eigenvalue weighted by Crippen LogP contribution is 2.22. The maximum atomic E-state index is 13.1. The third kappa shape index (κ3) is 4.15. The predicted molar refractivity (Wildman–Crippen MR) is 96.9 cm³/mol. The summed E-state index contributed by atoms with van der Waals surface area (Å²) in [6.45, 7) is 1.40. The minimum atomic E-state index is -0.341. The molecule has 0 aliphatic heterocycles. The number of benzene rings is 2. The summed E-state index contributed by atoms with van der Waals surface area (Å²) in [4.78, 5) is 13.6. The van der Waals surface area contributed by atoms with Crippen LogP contribution in [0.1, 0.15) is 21.5 Å². The van der Waals surface area contributed by atoms with Crippen LogP contribution in [0.25, 0.3) is 11.3 Å². The average Bonchev–Trinajstić information content (AvgIpc) is 3.10. The Balaban J connectivity index is 1.67. The van der Waals surface area contributed by atoms with E-state index in [1.165, 1.54) is 19.2 Å². The van der Waals surface area contributed by atoms with Gasteiger partial charge >= 0.3 is 5.97 Å². The van der Waals surface area contributed by atoms with Crippen LogP contribution >= 0.6 is 0 Å². The Morgan fingerprint density at radius 3 is 2.46 bits per heavy atom. The highest BCUT2D eigenvalue weighted by Gasteiger charge is 2.11. The van der Waals surface area contributed by atoms with Gasteiger partial charge in [-0.2, -0.15) is 5.10 Å². The lowest BCUT2D eigenvalue weighted by Gasteiger charge is -2.17. The van der Waals surface area contributed by atoms with Gasteiger partial charge in [-0.1, -0.05) is 12.1 Å². The third-order valence-corrected chi connectivity index (χ3v) is 4.12. The van der Waals surface area contributed by atoms with Crippen molar-refractivity contribution >= 4 is 5.97 Å². The molecule has 0 amide bonds. The fourth-order valence-corrected chi connectivity index (χ4v) is 2.82. The van der Waals surface area contributed by atoms with Crippen LogP contribution in [0.5, 0.6) is 0 Å². The van der Waals surface area contributed by atoms with Crippen molar-refractivity contribution < 1.29 is 13.9 Å². The number of methoxy groups -OCH3 is 1. The van der Waals surface area contributed by atoms with Gasteiger partial charge < -0.3 is 4.74 Å². The summed E-state index contributed by atoms with van der Waals surface area (Å²) in [7, 11) is 3.38. The number of halogens is 1. The predicted octanol–water partition coefficient (Wildman–Crippen LogP) is 3.63. The monoisotopic (exact) mass is 353 g/mol. The zero-order valence-electron chi connectivity index (χ0n) is 14.7. The molecule has 26 heavy (non-hydrogen) atoms. The molecular weight excluding hydrogens is 333 g/mol. The molecular formula is C20H20FN3O2. The molecule has 6 heteroatoms. The Bertz CT molecular complexity index is 873. The standard InChI is InChI=1S/C20H20FN3O2/c1-24(12-14-3-5-16(6-4-14)20(25)26-2)13-17-11-22-23-19(17)15-7-9-18(21)10-8-15/h3-11H,12-13H2,1-2H3,(H,22,23). The van der Waals surface area contributed by atoms with Gasteiger partial charge in [0.05, 0.1) is 24.6 Å². The molecule has 3 aromatic rings. The molecule has 1 N–H and O–H groups in total. The Morgan fingerprint density at radius 2 is 1.81 bits per heavy atom. The molecule has 0 spiro atoms. The van der Waals surface area contributed by atoms with E-state index in [1.807, 2.05) is 19.2 Å². The summed E-state index contributed by atoms with van der Waals surface area (Å²) in [5, 5.41) is 7.11. The zero-order chi connectivity index (χ0) is 18.5.